The topological polar surface area (TPSA) is 29.5 Å². The molecule has 0 unspecified atom stereocenters. The number of nitrogens with zero attached hydrogens (tertiary/aromatic N) is 1. The van der Waals surface area contributed by atoms with Crippen molar-refractivity contribution in [2.24, 2.45) is 5.92 Å². The average Bonchev–Trinajstić information content (AvgIpc) is 2.47. The number of hydrogen-bond donors (Lipinski definition) is 0. The van der Waals surface area contributed by atoms with Gasteiger partial charge >= 0.3 is 0 Å². The molecule has 122 valence electrons. The molecule has 1 heterocycles. The van der Waals surface area contributed by atoms with Gasteiger partial charge in [0.05, 0.1) is 19.1 Å². The van der Waals surface area contributed by atoms with E-state index in [1.54, 1.807) is 12.1 Å². The van der Waals surface area contributed by atoms with Crippen LogP contribution in [0.4, 0.5) is 4.39 Å². The molecule has 0 atom stereocenters. The lowest BCUT2D eigenvalue weighted by Gasteiger charge is -2.32. The van der Waals surface area contributed by atoms with Crippen molar-refractivity contribution in [1.29, 1.82) is 0 Å². The lowest BCUT2D eigenvalue weighted by atomic mass is 9.90. The Balaban J connectivity index is 1.72. The monoisotopic (exact) mass is 307 g/mol. The number of hydrogen-bond acceptors (Lipinski definition) is 2. The molecule has 1 amide bonds. The van der Waals surface area contributed by atoms with Crippen LogP contribution in [-0.4, -0.2) is 36.6 Å². The van der Waals surface area contributed by atoms with Crippen LogP contribution in [0.1, 0.15) is 38.7 Å². The summed E-state index contributed by atoms with van der Waals surface area (Å²) >= 11 is 0. The van der Waals surface area contributed by atoms with Gasteiger partial charge in [-0.05, 0) is 56.7 Å². The van der Waals surface area contributed by atoms with E-state index in [2.05, 4.69) is 0 Å². The Bertz CT molecular complexity index is 482. The van der Waals surface area contributed by atoms with Gasteiger partial charge < -0.3 is 9.64 Å². The van der Waals surface area contributed by atoms with Gasteiger partial charge in [0.15, 0.2) is 0 Å². The van der Waals surface area contributed by atoms with E-state index in [1.807, 2.05) is 24.8 Å². The van der Waals surface area contributed by atoms with Crippen molar-refractivity contribution in [2.75, 3.05) is 19.7 Å². The van der Waals surface area contributed by atoms with Crippen LogP contribution in [0.15, 0.2) is 24.3 Å². The highest BCUT2D eigenvalue weighted by atomic mass is 19.1. The molecule has 0 spiro atoms. The van der Waals surface area contributed by atoms with Crippen molar-refractivity contribution in [3.8, 4) is 0 Å². The molecule has 0 aliphatic carbocycles. The molecule has 0 saturated carbocycles. The van der Waals surface area contributed by atoms with Gasteiger partial charge in [-0.25, -0.2) is 4.39 Å². The molecule has 1 saturated heterocycles. The molecular formula is C18H26FNO2. The van der Waals surface area contributed by atoms with E-state index < -0.39 is 0 Å². The number of halogens is 1. The molecule has 1 aromatic carbocycles. The molecule has 1 aliphatic rings. The fraction of sp³-hybridized carbons (Fsp3) is 0.611. The minimum absolute atomic E-state index is 0.171. The van der Waals surface area contributed by atoms with Gasteiger partial charge in [0, 0.05) is 13.1 Å². The third kappa shape index (κ3) is 5.41. The van der Waals surface area contributed by atoms with Crippen molar-refractivity contribution in [3.05, 3.63) is 35.6 Å². The summed E-state index contributed by atoms with van der Waals surface area (Å²) in [5, 5.41) is 0. The minimum atomic E-state index is -0.171. The molecule has 22 heavy (non-hydrogen) atoms. The molecule has 2 rings (SSSR count). The maximum atomic E-state index is 13.2. The zero-order valence-corrected chi connectivity index (χ0v) is 13.6. The molecule has 4 heteroatoms. The second-order valence-corrected chi connectivity index (χ2v) is 6.33. The zero-order valence-electron chi connectivity index (χ0n) is 13.6. The van der Waals surface area contributed by atoms with Gasteiger partial charge in [0.25, 0.3) is 0 Å². The number of carbonyl (C=O) groups is 1. The second kappa shape index (κ2) is 8.28. The molecule has 0 aromatic heterocycles. The molecule has 1 aliphatic heterocycles. The summed E-state index contributed by atoms with van der Waals surface area (Å²) in [6.07, 6.45) is 3.52. The molecule has 0 radical (unpaired) electrons. The van der Waals surface area contributed by atoms with E-state index in [9.17, 15) is 9.18 Å². The summed E-state index contributed by atoms with van der Waals surface area (Å²) < 4.78 is 18.6. The van der Waals surface area contributed by atoms with E-state index in [0.29, 0.717) is 18.9 Å². The zero-order chi connectivity index (χ0) is 15.9. The summed E-state index contributed by atoms with van der Waals surface area (Å²) in [7, 11) is 0. The third-order valence-corrected chi connectivity index (χ3v) is 4.15. The molecule has 0 bridgehead atoms. The number of ether oxygens (including phenoxy) is 1. The Morgan fingerprint density at radius 1 is 1.36 bits per heavy atom. The van der Waals surface area contributed by atoms with Gasteiger partial charge in [-0.15, -0.1) is 0 Å². The van der Waals surface area contributed by atoms with Crippen LogP contribution in [0.5, 0.6) is 0 Å². The van der Waals surface area contributed by atoms with Gasteiger partial charge in [-0.2, -0.15) is 0 Å². The smallest absolute Gasteiger partial charge is 0.224 e. The highest BCUT2D eigenvalue weighted by Crippen LogP contribution is 2.22. The number of piperidine rings is 1. The number of benzene rings is 1. The summed E-state index contributed by atoms with van der Waals surface area (Å²) in [5.74, 6) is 0.554. The maximum Gasteiger partial charge on any atom is 0.224 e. The molecular weight excluding hydrogens is 281 g/mol. The Labute approximate surface area is 132 Å². The first-order valence-corrected chi connectivity index (χ1v) is 8.18. The van der Waals surface area contributed by atoms with Crippen molar-refractivity contribution in [3.63, 3.8) is 0 Å². The molecule has 0 N–H and O–H groups in total. The quantitative estimate of drug-likeness (QED) is 0.806. The van der Waals surface area contributed by atoms with Crippen LogP contribution >= 0.6 is 0 Å². The van der Waals surface area contributed by atoms with Crippen LogP contribution in [0, 0.1) is 11.7 Å². The Morgan fingerprint density at radius 2 is 2.09 bits per heavy atom. The van der Waals surface area contributed by atoms with Gasteiger partial charge in [-0.1, -0.05) is 12.1 Å². The largest absolute Gasteiger partial charge is 0.378 e. The number of carbonyl (C=O) groups excluding carboxylic acids is 1. The average molecular weight is 307 g/mol. The minimum Gasteiger partial charge on any atom is -0.378 e. The van der Waals surface area contributed by atoms with Crippen LogP contribution < -0.4 is 0 Å². The summed E-state index contributed by atoms with van der Waals surface area (Å²) in [6.45, 7) is 6.06. The van der Waals surface area contributed by atoms with Crippen LogP contribution in [0.3, 0.4) is 0 Å². The highest BCUT2D eigenvalue weighted by Gasteiger charge is 2.22. The standard InChI is InChI=1S/C18H26FNO2/c1-14(2)22-11-8-18(21)20-9-6-15(7-10-20)12-16-4-3-5-17(19)13-16/h3-5,13-15H,6-12H2,1-2H3. The summed E-state index contributed by atoms with van der Waals surface area (Å²) in [4.78, 5) is 14.0. The Kier molecular flexibility index (Phi) is 6.37. The van der Waals surface area contributed by atoms with Crippen LogP contribution in [0.25, 0.3) is 0 Å². The normalized spacial score (nSPS) is 16.3. The first-order chi connectivity index (χ1) is 10.5. The Hall–Kier alpha value is -1.42. The van der Waals surface area contributed by atoms with Gasteiger partial charge in [0.2, 0.25) is 5.91 Å². The molecule has 3 nitrogen and oxygen atoms in total. The van der Waals surface area contributed by atoms with E-state index >= 15 is 0 Å². The summed E-state index contributed by atoms with van der Waals surface area (Å²) in [6, 6.07) is 6.83. The van der Waals surface area contributed by atoms with Gasteiger partial charge in [0.1, 0.15) is 5.82 Å². The predicted molar refractivity (Wildman–Crippen MR) is 85.1 cm³/mol. The maximum absolute atomic E-state index is 13.2. The van der Waals surface area contributed by atoms with Crippen LogP contribution in [0.2, 0.25) is 0 Å². The predicted octanol–water partition coefficient (Wildman–Crippen LogP) is 3.42. The van der Waals surface area contributed by atoms with Crippen molar-refractivity contribution >= 4 is 5.91 Å². The van der Waals surface area contributed by atoms with Gasteiger partial charge in [-0.3, -0.25) is 4.79 Å². The number of amides is 1. The fourth-order valence-electron chi connectivity index (χ4n) is 2.92. The number of likely N-dealkylation sites (tertiary alicyclic amines) is 1. The first kappa shape index (κ1) is 16.9. The third-order valence-electron chi connectivity index (χ3n) is 4.15. The second-order valence-electron chi connectivity index (χ2n) is 6.33. The van der Waals surface area contributed by atoms with E-state index in [-0.39, 0.29) is 17.8 Å². The van der Waals surface area contributed by atoms with Crippen molar-refractivity contribution in [2.45, 2.75) is 45.6 Å². The van der Waals surface area contributed by atoms with E-state index in [0.717, 1.165) is 37.9 Å². The molecule has 1 aromatic rings. The lowest BCUT2D eigenvalue weighted by Crippen LogP contribution is -2.39. The SMILES string of the molecule is CC(C)OCCC(=O)N1CCC(Cc2cccc(F)c2)CC1. The van der Waals surface area contributed by atoms with Crippen molar-refractivity contribution in [1.82, 2.24) is 4.90 Å². The van der Waals surface area contributed by atoms with Crippen LogP contribution in [-0.2, 0) is 16.0 Å². The van der Waals surface area contributed by atoms with Crippen molar-refractivity contribution < 1.29 is 13.9 Å². The lowest BCUT2D eigenvalue weighted by molar-refractivity contribution is -0.134. The van der Waals surface area contributed by atoms with E-state index in [1.165, 1.54) is 6.07 Å². The fourth-order valence-corrected chi connectivity index (χ4v) is 2.92. The van der Waals surface area contributed by atoms with E-state index in [4.69, 9.17) is 4.74 Å². The highest BCUT2D eigenvalue weighted by molar-refractivity contribution is 5.76. The first-order valence-electron chi connectivity index (χ1n) is 8.18. The summed E-state index contributed by atoms with van der Waals surface area (Å²) in [5.41, 5.74) is 1.05. The number of rotatable bonds is 6. The molecule has 1 fully saturated rings. The Morgan fingerprint density at radius 3 is 2.73 bits per heavy atom.